The van der Waals surface area contributed by atoms with Crippen LogP contribution < -0.4 is 4.74 Å². The van der Waals surface area contributed by atoms with Gasteiger partial charge >= 0.3 is 0 Å². The number of oxime groups is 1. The van der Waals surface area contributed by atoms with Crippen LogP contribution in [0.5, 0.6) is 5.88 Å². The zero-order valence-corrected chi connectivity index (χ0v) is 15.3. The Morgan fingerprint density at radius 1 is 1.31 bits per heavy atom. The van der Waals surface area contributed by atoms with E-state index in [1.54, 1.807) is 29.9 Å². The maximum Gasteiger partial charge on any atom is 0.242 e. The molecular weight excluding hydrogens is 350 g/mol. The number of fused-ring (bicyclic) bond motifs is 1. The van der Waals surface area contributed by atoms with Crippen LogP contribution in [0.2, 0.25) is 0 Å². The highest BCUT2D eigenvalue weighted by atomic mass is 32.1. The van der Waals surface area contributed by atoms with E-state index >= 15 is 0 Å². The molecule has 3 aromatic heterocycles. The predicted molar refractivity (Wildman–Crippen MR) is 99.4 cm³/mol. The molecular formula is C18H17N5O2S. The van der Waals surface area contributed by atoms with Crippen molar-refractivity contribution in [2.45, 2.75) is 20.3 Å². The van der Waals surface area contributed by atoms with E-state index in [-0.39, 0.29) is 0 Å². The fraction of sp³-hybridized carbons (Fsp3) is 0.278. The largest absolute Gasteiger partial charge is 0.476 e. The van der Waals surface area contributed by atoms with E-state index in [1.807, 2.05) is 26.0 Å². The zero-order chi connectivity index (χ0) is 17.9. The summed E-state index contributed by atoms with van der Waals surface area (Å²) in [5, 5.41) is 5.07. The Bertz CT molecular complexity index is 955. The Kier molecular flexibility index (Phi) is 4.57. The van der Waals surface area contributed by atoms with Crippen LogP contribution in [0.4, 0.5) is 0 Å². The lowest BCUT2D eigenvalue weighted by atomic mass is 10.1. The first-order valence-corrected chi connectivity index (χ1v) is 9.15. The first kappa shape index (κ1) is 16.6. The van der Waals surface area contributed by atoms with Crippen molar-refractivity contribution in [3.63, 3.8) is 0 Å². The Hall–Kier alpha value is -2.87. The summed E-state index contributed by atoms with van der Waals surface area (Å²) in [5.74, 6) is 0.494. The molecule has 132 valence electrons. The summed E-state index contributed by atoms with van der Waals surface area (Å²) in [4.78, 5) is 24.2. The molecule has 0 atom stereocenters. The topological polar surface area (TPSA) is 82.4 Å². The van der Waals surface area contributed by atoms with Gasteiger partial charge in [0.2, 0.25) is 5.88 Å². The number of nitrogens with zero attached hydrogens (tertiary/aromatic N) is 5. The number of thiazole rings is 1. The molecule has 0 saturated carbocycles. The third kappa shape index (κ3) is 3.15. The third-order valence-electron chi connectivity index (χ3n) is 3.83. The van der Waals surface area contributed by atoms with Crippen LogP contribution in [0.15, 0.2) is 35.9 Å². The van der Waals surface area contributed by atoms with Crippen LogP contribution in [-0.4, -0.2) is 38.9 Å². The molecule has 1 aliphatic heterocycles. The Morgan fingerprint density at radius 2 is 2.23 bits per heavy atom. The Labute approximate surface area is 154 Å². The lowest BCUT2D eigenvalue weighted by molar-refractivity contribution is 0.156. The van der Waals surface area contributed by atoms with Gasteiger partial charge in [-0.25, -0.2) is 15.0 Å². The van der Waals surface area contributed by atoms with Gasteiger partial charge in [0.1, 0.15) is 23.0 Å². The summed E-state index contributed by atoms with van der Waals surface area (Å²) >= 11 is 1.57. The maximum absolute atomic E-state index is 5.60. The molecule has 4 rings (SSSR count). The van der Waals surface area contributed by atoms with Crippen LogP contribution in [-0.2, 0) is 4.84 Å². The van der Waals surface area contributed by atoms with E-state index in [2.05, 4.69) is 20.1 Å². The van der Waals surface area contributed by atoms with Gasteiger partial charge in [0, 0.05) is 24.4 Å². The summed E-state index contributed by atoms with van der Waals surface area (Å²) in [6, 6.07) is 3.90. The number of pyridine rings is 1. The fourth-order valence-corrected chi connectivity index (χ4v) is 3.63. The van der Waals surface area contributed by atoms with Gasteiger partial charge in [0.05, 0.1) is 23.4 Å². The molecule has 0 fully saturated rings. The second-order valence-electron chi connectivity index (χ2n) is 5.64. The van der Waals surface area contributed by atoms with Crippen LogP contribution >= 0.6 is 11.3 Å². The first-order valence-electron chi connectivity index (χ1n) is 8.33. The monoisotopic (exact) mass is 367 g/mol. The SMILES string of the molecule is CCON=C1CCOc2ncc(-c3sc(-c4cccnc4)nc3C)nc21. The van der Waals surface area contributed by atoms with Gasteiger partial charge in [-0.05, 0) is 26.0 Å². The van der Waals surface area contributed by atoms with Crippen molar-refractivity contribution in [1.82, 2.24) is 19.9 Å². The average molecular weight is 367 g/mol. The molecule has 0 unspecified atom stereocenters. The predicted octanol–water partition coefficient (Wildman–Crippen LogP) is 3.49. The molecule has 0 bridgehead atoms. The van der Waals surface area contributed by atoms with E-state index in [0.29, 0.717) is 31.2 Å². The van der Waals surface area contributed by atoms with Crippen LogP contribution in [0, 0.1) is 6.92 Å². The van der Waals surface area contributed by atoms with Crippen LogP contribution in [0.3, 0.4) is 0 Å². The fourth-order valence-electron chi connectivity index (χ4n) is 2.62. The number of hydrogen-bond acceptors (Lipinski definition) is 8. The lowest BCUT2D eigenvalue weighted by Crippen LogP contribution is -2.19. The second kappa shape index (κ2) is 7.17. The van der Waals surface area contributed by atoms with Gasteiger partial charge in [-0.15, -0.1) is 11.3 Å². The minimum Gasteiger partial charge on any atom is -0.476 e. The van der Waals surface area contributed by atoms with E-state index in [9.17, 15) is 0 Å². The summed E-state index contributed by atoms with van der Waals surface area (Å²) < 4.78 is 5.60. The Morgan fingerprint density at radius 3 is 3.04 bits per heavy atom. The molecule has 0 aliphatic carbocycles. The van der Waals surface area contributed by atoms with Crippen molar-refractivity contribution in [1.29, 1.82) is 0 Å². The average Bonchev–Trinajstić information content (AvgIpc) is 3.08. The normalized spacial score (nSPS) is 14.8. The van der Waals surface area contributed by atoms with E-state index < -0.39 is 0 Å². The second-order valence-corrected chi connectivity index (χ2v) is 6.64. The smallest absolute Gasteiger partial charge is 0.242 e. The standard InChI is InChI=1S/C18H17N5O2S/c1-3-25-23-13-6-8-24-17-15(13)22-14(10-20-17)16-11(2)21-18(26-16)12-5-4-7-19-9-12/h4-5,7,9-10H,3,6,8H2,1-2H3. The molecule has 0 amide bonds. The van der Waals surface area contributed by atoms with Crippen molar-refractivity contribution < 1.29 is 9.57 Å². The molecule has 1 aliphatic rings. The molecule has 0 spiro atoms. The third-order valence-corrected chi connectivity index (χ3v) is 5.06. The van der Waals surface area contributed by atoms with Crippen molar-refractivity contribution in [3.05, 3.63) is 42.1 Å². The zero-order valence-electron chi connectivity index (χ0n) is 14.5. The highest BCUT2D eigenvalue weighted by Gasteiger charge is 2.23. The molecule has 7 nitrogen and oxygen atoms in total. The highest BCUT2D eigenvalue weighted by Crippen LogP contribution is 2.35. The van der Waals surface area contributed by atoms with E-state index in [4.69, 9.17) is 14.6 Å². The van der Waals surface area contributed by atoms with Gasteiger partial charge in [0.25, 0.3) is 0 Å². The van der Waals surface area contributed by atoms with Gasteiger partial charge < -0.3 is 9.57 Å². The number of hydrogen-bond donors (Lipinski definition) is 0. The minimum absolute atomic E-state index is 0.494. The molecule has 0 N–H and O–H groups in total. The minimum atomic E-state index is 0.494. The summed E-state index contributed by atoms with van der Waals surface area (Å²) in [7, 11) is 0. The number of ether oxygens (including phenoxy) is 1. The summed E-state index contributed by atoms with van der Waals surface area (Å²) in [6.07, 6.45) is 5.92. The van der Waals surface area contributed by atoms with Crippen LogP contribution in [0.25, 0.3) is 21.1 Å². The van der Waals surface area contributed by atoms with E-state index in [0.717, 1.165) is 32.5 Å². The van der Waals surface area contributed by atoms with Gasteiger partial charge in [0.15, 0.2) is 5.69 Å². The molecule has 3 aromatic rings. The first-order chi connectivity index (χ1) is 12.8. The summed E-state index contributed by atoms with van der Waals surface area (Å²) in [6.45, 7) is 4.90. The molecule has 8 heteroatoms. The summed E-state index contributed by atoms with van der Waals surface area (Å²) in [5.41, 5.74) is 4.04. The quantitative estimate of drug-likeness (QED) is 0.657. The van der Waals surface area contributed by atoms with Gasteiger partial charge in [-0.1, -0.05) is 5.16 Å². The number of aryl methyl sites for hydroxylation is 1. The number of rotatable bonds is 4. The van der Waals surface area contributed by atoms with Gasteiger partial charge in [-0.3, -0.25) is 4.98 Å². The highest BCUT2D eigenvalue weighted by molar-refractivity contribution is 7.18. The van der Waals surface area contributed by atoms with E-state index in [1.165, 1.54) is 0 Å². The van der Waals surface area contributed by atoms with Crippen molar-refractivity contribution in [2.75, 3.05) is 13.2 Å². The van der Waals surface area contributed by atoms with Crippen molar-refractivity contribution in [3.8, 4) is 27.0 Å². The van der Waals surface area contributed by atoms with Crippen LogP contribution in [0.1, 0.15) is 24.7 Å². The molecule has 26 heavy (non-hydrogen) atoms. The van der Waals surface area contributed by atoms with Crippen molar-refractivity contribution >= 4 is 17.0 Å². The molecule has 0 aromatic carbocycles. The lowest BCUT2D eigenvalue weighted by Gasteiger charge is -2.17. The molecule has 0 saturated heterocycles. The van der Waals surface area contributed by atoms with Crippen molar-refractivity contribution in [2.24, 2.45) is 5.16 Å². The molecule has 4 heterocycles. The van der Waals surface area contributed by atoms with Gasteiger partial charge in [-0.2, -0.15) is 0 Å². The molecule has 0 radical (unpaired) electrons. The maximum atomic E-state index is 5.60. The Balaban J connectivity index is 1.74. The number of aromatic nitrogens is 4.